The highest BCUT2D eigenvalue weighted by atomic mass is 16.3. The minimum atomic E-state index is -0.600. The molecular formula is C18H20N4O2. The third-order valence-corrected chi connectivity index (χ3v) is 4.52. The number of nitrogens with zero attached hydrogens (tertiary/aromatic N) is 2. The molecule has 124 valence electrons. The zero-order chi connectivity index (χ0) is 17.8. The summed E-state index contributed by atoms with van der Waals surface area (Å²) in [5.74, 6) is -0.439. The van der Waals surface area contributed by atoms with Crippen LogP contribution in [0.3, 0.4) is 0 Å². The molecule has 0 unspecified atom stereocenters. The van der Waals surface area contributed by atoms with Gasteiger partial charge in [0, 0.05) is 11.1 Å². The molecule has 1 amide bonds. The number of aromatic nitrogens is 2. The maximum absolute atomic E-state index is 12.0. The number of primary amides is 1. The number of fused-ring (bicyclic) bond motifs is 1. The number of carbonyl (C=O) groups is 1. The van der Waals surface area contributed by atoms with Gasteiger partial charge >= 0.3 is 0 Å². The van der Waals surface area contributed by atoms with Gasteiger partial charge in [0.15, 0.2) is 0 Å². The molecule has 0 saturated heterocycles. The Hall–Kier alpha value is -3.02. The molecule has 0 saturated carbocycles. The lowest BCUT2D eigenvalue weighted by molar-refractivity contribution is 0.100. The maximum atomic E-state index is 12.0. The largest absolute Gasteiger partial charge is 0.508 e. The van der Waals surface area contributed by atoms with E-state index in [-0.39, 0.29) is 17.0 Å². The second-order valence-electron chi connectivity index (χ2n) is 6.11. The standard InChI is InChI=1S/C18H20N4O2/c1-8-5-6-13(23)10(3)14(8)17-16(19)15(18(20)24)12-7-9(2)11(4)21-22(12)17/h5-7,23H,19H2,1-4H3,(H2,20,24). The van der Waals surface area contributed by atoms with E-state index in [0.29, 0.717) is 16.8 Å². The van der Waals surface area contributed by atoms with Crippen molar-refractivity contribution < 1.29 is 9.90 Å². The first-order valence-corrected chi connectivity index (χ1v) is 7.61. The Morgan fingerprint density at radius 1 is 1.17 bits per heavy atom. The van der Waals surface area contributed by atoms with Crippen molar-refractivity contribution in [3.63, 3.8) is 0 Å². The SMILES string of the molecule is Cc1cc2c(C(N)=O)c(N)c(-c3c(C)ccc(O)c3C)n2nc1C. The second kappa shape index (κ2) is 5.26. The summed E-state index contributed by atoms with van der Waals surface area (Å²) in [6.07, 6.45) is 0. The highest BCUT2D eigenvalue weighted by molar-refractivity contribution is 6.09. The molecule has 2 heterocycles. The van der Waals surface area contributed by atoms with Crippen molar-refractivity contribution in [3.05, 3.63) is 46.1 Å². The summed E-state index contributed by atoms with van der Waals surface area (Å²) in [6.45, 7) is 7.54. The number of hydrogen-bond donors (Lipinski definition) is 3. The Bertz CT molecular complexity index is 1000. The van der Waals surface area contributed by atoms with Gasteiger partial charge < -0.3 is 16.6 Å². The number of rotatable bonds is 2. The van der Waals surface area contributed by atoms with E-state index in [2.05, 4.69) is 5.10 Å². The summed E-state index contributed by atoms with van der Waals surface area (Å²) in [5.41, 5.74) is 17.6. The highest BCUT2D eigenvalue weighted by Gasteiger charge is 2.25. The average molecular weight is 324 g/mol. The molecule has 6 nitrogen and oxygen atoms in total. The van der Waals surface area contributed by atoms with E-state index in [0.717, 1.165) is 22.4 Å². The van der Waals surface area contributed by atoms with Gasteiger partial charge in [-0.3, -0.25) is 4.79 Å². The van der Waals surface area contributed by atoms with Crippen molar-refractivity contribution >= 4 is 17.1 Å². The van der Waals surface area contributed by atoms with Crippen LogP contribution in [0.5, 0.6) is 5.75 Å². The van der Waals surface area contributed by atoms with E-state index in [9.17, 15) is 9.90 Å². The van der Waals surface area contributed by atoms with Crippen LogP contribution in [0.2, 0.25) is 0 Å². The number of phenols is 1. The van der Waals surface area contributed by atoms with Gasteiger partial charge in [0.25, 0.3) is 5.91 Å². The van der Waals surface area contributed by atoms with E-state index in [4.69, 9.17) is 11.5 Å². The van der Waals surface area contributed by atoms with E-state index in [1.807, 2.05) is 39.8 Å². The van der Waals surface area contributed by atoms with Gasteiger partial charge in [0.05, 0.1) is 28.2 Å². The number of phenolic OH excluding ortho intramolecular Hbond substituents is 1. The molecule has 0 bridgehead atoms. The van der Waals surface area contributed by atoms with E-state index >= 15 is 0 Å². The fourth-order valence-corrected chi connectivity index (χ4v) is 3.07. The first-order valence-electron chi connectivity index (χ1n) is 7.61. The molecule has 0 fully saturated rings. The van der Waals surface area contributed by atoms with Gasteiger partial charge in [0.2, 0.25) is 0 Å². The van der Waals surface area contributed by atoms with Gasteiger partial charge in [0.1, 0.15) is 5.75 Å². The lowest BCUT2D eigenvalue weighted by atomic mass is 9.98. The number of carbonyl (C=O) groups excluding carboxylic acids is 1. The van der Waals surface area contributed by atoms with Crippen molar-refractivity contribution in [1.82, 2.24) is 9.61 Å². The van der Waals surface area contributed by atoms with Crippen molar-refractivity contribution in [2.24, 2.45) is 5.73 Å². The Labute approximate surface area is 139 Å². The van der Waals surface area contributed by atoms with Gasteiger partial charge in [-0.25, -0.2) is 4.52 Å². The quantitative estimate of drug-likeness (QED) is 0.673. The summed E-state index contributed by atoms with van der Waals surface area (Å²) in [5, 5.41) is 14.7. The predicted octanol–water partition coefficient (Wildman–Crippen LogP) is 2.62. The molecule has 0 aliphatic carbocycles. The number of aromatic hydroxyl groups is 1. The number of anilines is 1. The Morgan fingerprint density at radius 2 is 1.83 bits per heavy atom. The van der Waals surface area contributed by atoms with E-state index < -0.39 is 5.91 Å². The van der Waals surface area contributed by atoms with Crippen molar-refractivity contribution in [2.45, 2.75) is 27.7 Å². The number of aryl methyl sites for hydroxylation is 3. The monoisotopic (exact) mass is 324 g/mol. The molecule has 0 spiro atoms. The third-order valence-electron chi connectivity index (χ3n) is 4.52. The fourth-order valence-electron chi connectivity index (χ4n) is 3.07. The average Bonchev–Trinajstić information content (AvgIpc) is 2.77. The van der Waals surface area contributed by atoms with Gasteiger partial charge in [-0.15, -0.1) is 0 Å². The van der Waals surface area contributed by atoms with Crippen LogP contribution in [0.4, 0.5) is 5.69 Å². The lowest BCUT2D eigenvalue weighted by Crippen LogP contribution is -2.12. The summed E-state index contributed by atoms with van der Waals surface area (Å²) >= 11 is 0. The number of benzene rings is 1. The zero-order valence-electron chi connectivity index (χ0n) is 14.1. The summed E-state index contributed by atoms with van der Waals surface area (Å²) in [7, 11) is 0. The Morgan fingerprint density at radius 3 is 2.46 bits per heavy atom. The van der Waals surface area contributed by atoms with Gasteiger partial charge in [-0.05, 0) is 51.0 Å². The molecule has 24 heavy (non-hydrogen) atoms. The fraction of sp³-hybridized carbons (Fsp3) is 0.222. The van der Waals surface area contributed by atoms with Crippen LogP contribution < -0.4 is 11.5 Å². The summed E-state index contributed by atoms with van der Waals surface area (Å²) in [6, 6.07) is 5.30. The van der Waals surface area contributed by atoms with Crippen LogP contribution in [0.1, 0.15) is 32.7 Å². The van der Waals surface area contributed by atoms with Crippen LogP contribution >= 0.6 is 0 Å². The molecule has 1 aromatic carbocycles. The molecule has 0 atom stereocenters. The first-order chi connectivity index (χ1) is 11.2. The molecule has 3 rings (SSSR count). The Kier molecular flexibility index (Phi) is 3.48. The number of nitrogens with two attached hydrogens (primary N) is 2. The van der Waals surface area contributed by atoms with Crippen LogP contribution in [0.15, 0.2) is 18.2 Å². The van der Waals surface area contributed by atoms with E-state index in [1.165, 1.54) is 0 Å². The molecule has 0 aliphatic rings. The predicted molar refractivity (Wildman–Crippen MR) is 94.2 cm³/mol. The lowest BCUT2D eigenvalue weighted by Gasteiger charge is -2.13. The maximum Gasteiger partial charge on any atom is 0.253 e. The van der Waals surface area contributed by atoms with Crippen LogP contribution in [-0.4, -0.2) is 20.6 Å². The molecule has 6 heteroatoms. The Balaban J connectivity index is 2.55. The smallest absolute Gasteiger partial charge is 0.253 e. The minimum absolute atomic E-state index is 0.161. The van der Waals surface area contributed by atoms with Crippen molar-refractivity contribution in [2.75, 3.05) is 5.73 Å². The van der Waals surface area contributed by atoms with Crippen LogP contribution in [-0.2, 0) is 0 Å². The summed E-state index contributed by atoms with van der Waals surface area (Å²) < 4.78 is 1.65. The van der Waals surface area contributed by atoms with Crippen molar-refractivity contribution in [3.8, 4) is 17.0 Å². The summed E-state index contributed by atoms with van der Waals surface area (Å²) in [4.78, 5) is 12.0. The van der Waals surface area contributed by atoms with E-state index in [1.54, 1.807) is 10.6 Å². The molecule has 3 aromatic rings. The van der Waals surface area contributed by atoms with Crippen LogP contribution in [0, 0.1) is 27.7 Å². The minimum Gasteiger partial charge on any atom is -0.508 e. The molecule has 2 aromatic heterocycles. The molecular weight excluding hydrogens is 304 g/mol. The highest BCUT2D eigenvalue weighted by Crippen LogP contribution is 2.39. The topological polar surface area (TPSA) is 107 Å². The third kappa shape index (κ3) is 2.11. The number of amides is 1. The molecule has 0 radical (unpaired) electrons. The number of hydrogen-bond acceptors (Lipinski definition) is 4. The number of nitrogen functional groups attached to an aromatic ring is 1. The zero-order valence-corrected chi connectivity index (χ0v) is 14.1. The normalized spacial score (nSPS) is 11.2. The molecule has 0 aliphatic heterocycles. The molecule has 5 N–H and O–H groups in total. The first kappa shape index (κ1) is 15.9. The van der Waals surface area contributed by atoms with Crippen LogP contribution in [0.25, 0.3) is 16.8 Å². The second-order valence-corrected chi connectivity index (χ2v) is 6.11. The van der Waals surface area contributed by atoms with Gasteiger partial charge in [-0.2, -0.15) is 5.10 Å². The van der Waals surface area contributed by atoms with Gasteiger partial charge in [-0.1, -0.05) is 6.07 Å². The van der Waals surface area contributed by atoms with Crippen molar-refractivity contribution in [1.29, 1.82) is 0 Å².